The van der Waals surface area contributed by atoms with E-state index >= 15 is 0 Å². The van der Waals surface area contributed by atoms with Gasteiger partial charge in [-0.25, -0.2) is 4.39 Å². The molecule has 1 aromatic heterocycles. The summed E-state index contributed by atoms with van der Waals surface area (Å²) in [5, 5.41) is 0. The number of aryl methyl sites for hydroxylation is 1. The molecule has 1 amide bonds. The lowest BCUT2D eigenvalue weighted by Gasteiger charge is -2.24. The molecule has 146 valence electrons. The summed E-state index contributed by atoms with van der Waals surface area (Å²) in [5.74, 6) is -0.513. The highest BCUT2D eigenvalue weighted by atomic mass is 19.1. The average molecular weight is 378 g/mol. The summed E-state index contributed by atoms with van der Waals surface area (Å²) in [6, 6.07) is 18.3. The number of unbranched alkanes of at least 4 members (excludes halogenated alkanes) is 1. The Bertz CT molecular complexity index is 932. The van der Waals surface area contributed by atoms with E-state index in [1.165, 1.54) is 23.3 Å². The van der Waals surface area contributed by atoms with Gasteiger partial charge in [0.05, 0.1) is 6.54 Å². The molecule has 3 rings (SSSR count). The summed E-state index contributed by atoms with van der Waals surface area (Å²) in [4.78, 5) is 14.8. The van der Waals surface area contributed by atoms with E-state index in [1.807, 2.05) is 29.3 Å². The van der Waals surface area contributed by atoms with E-state index in [2.05, 4.69) is 36.6 Å². The number of hydrogen-bond donors (Lipinski definition) is 0. The fourth-order valence-electron chi connectivity index (χ4n) is 3.32. The predicted octanol–water partition coefficient (Wildman–Crippen LogP) is 5.43. The molecule has 3 nitrogen and oxygen atoms in total. The second-order valence-corrected chi connectivity index (χ2v) is 7.14. The second-order valence-electron chi connectivity index (χ2n) is 7.14. The van der Waals surface area contributed by atoms with E-state index < -0.39 is 0 Å². The summed E-state index contributed by atoms with van der Waals surface area (Å²) in [6.07, 6.45) is 3.96. The van der Waals surface area contributed by atoms with Gasteiger partial charge in [-0.2, -0.15) is 0 Å². The molecule has 28 heavy (non-hydrogen) atoms. The van der Waals surface area contributed by atoms with Crippen molar-refractivity contribution in [1.82, 2.24) is 9.47 Å². The van der Waals surface area contributed by atoms with Gasteiger partial charge in [0.1, 0.15) is 5.82 Å². The Morgan fingerprint density at radius 3 is 2.64 bits per heavy atom. The van der Waals surface area contributed by atoms with Crippen molar-refractivity contribution < 1.29 is 9.18 Å². The molecular weight excluding hydrogens is 351 g/mol. The van der Waals surface area contributed by atoms with Crippen LogP contribution in [0.2, 0.25) is 0 Å². The predicted molar refractivity (Wildman–Crippen MR) is 111 cm³/mol. The fourth-order valence-corrected chi connectivity index (χ4v) is 3.32. The Morgan fingerprint density at radius 2 is 1.89 bits per heavy atom. The minimum absolute atomic E-state index is 0.128. The zero-order chi connectivity index (χ0) is 19.9. The molecule has 0 unspecified atom stereocenters. The highest BCUT2D eigenvalue weighted by Crippen LogP contribution is 2.16. The topological polar surface area (TPSA) is 25.2 Å². The number of aromatic nitrogens is 1. The molecule has 0 aliphatic rings. The number of rotatable bonds is 8. The molecule has 4 heteroatoms. The van der Waals surface area contributed by atoms with Gasteiger partial charge < -0.3 is 9.47 Å². The highest BCUT2D eigenvalue weighted by Gasteiger charge is 2.18. The number of nitrogens with zero attached hydrogens (tertiary/aromatic N) is 2. The van der Waals surface area contributed by atoms with Crippen LogP contribution >= 0.6 is 0 Å². The molecule has 0 saturated heterocycles. The maximum absolute atomic E-state index is 13.6. The van der Waals surface area contributed by atoms with Crippen molar-refractivity contribution in [3.8, 4) is 0 Å². The summed E-state index contributed by atoms with van der Waals surface area (Å²) >= 11 is 0. The van der Waals surface area contributed by atoms with Crippen LogP contribution in [0.25, 0.3) is 0 Å². The molecule has 0 aliphatic carbocycles. The molecule has 0 aliphatic heterocycles. The molecule has 0 atom stereocenters. The second kappa shape index (κ2) is 9.36. The molecule has 0 radical (unpaired) electrons. The van der Waals surface area contributed by atoms with Gasteiger partial charge in [0.25, 0.3) is 5.91 Å². The van der Waals surface area contributed by atoms with Crippen molar-refractivity contribution in [3.63, 3.8) is 0 Å². The van der Waals surface area contributed by atoms with Crippen LogP contribution in [0, 0.1) is 12.7 Å². The molecule has 1 heterocycles. The molecule has 0 bridgehead atoms. The summed E-state index contributed by atoms with van der Waals surface area (Å²) < 4.78 is 15.8. The SMILES string of the molecule is CCCCN(Cc1cccn1Cc1ccccc1C)C(=O)c1cccc(F)c1. The Morgan fingerprint density at radius 1 is 1.07 bits per heavy atom. The average Bonchev–Trinajstić information content (AvgIpc) is 3.13. The quantitative estimate of drug-likeness (QED) is 0.513. The number of hydrogen-bond acceptors (Lipinski definition) is 1. The summed E-state index contributed by atoms with van der Waals surface area (Å²) in [6.45, 7) is 6.14. The molecule has 3 aromatic rings. The Hall–Kier alpha value is -2.88. The van der Waals surface area contributed by atoms with Crippen molar-refractivity contribution in [2.75, 3.05) is 6.54 Å². The van der Waals surface area contributed by atoms with Crippen LogP contribution in [-0.2, 0) is 13.1 Å². The monoisotopic (exact) mass is 378 g/mol. The van der Waals surface area contributed by atoms with Crippen LogP contribution in [-0.4, -0.2) is 21.9 Å². The van der Waals surface area contributed by atoms with E-state index in [1.54, 1.807) is 12.1 Å². The Labute approximate surface area is 166 Å². The number of halogens is 1. The van der Waals surface area contributed by atoms with Gasteiger partial charge in [-0.05, 0) is 54.8 Å². The number of carbonyl (C=O) groups is 1. The molecule has 0 N–H and O–H groups in total. The van der Waals surface area contributed by atoms with E-state index in [0.717, 1.165) is 25.1 Å². The first-order valence-corrected chi connectivity index (χ1v) is 9.82. The normalized spacial score (nSPS) is 10.8. The maximum atomic E-state index is 13.6. The molecular formula is C24H27FN2O. The van der Waals surface area contributed by atoms with E-state index in [0.29, 0.717) is 18.7 Å². The van der Waals surface area contributed by atoms with Gasteiger partial charge in [0.15, 0.2) is 0 Å². The fraction of sp³-hybridized carbons (Fsp3) is 0.292. The van der Waals surface area contributed by atoms with Crippen LogP contribution in [0.5, 0.6) is 0 Å². The molecule has 0 saturated carbocycles. The van der Waals surface area contributed by atoms with Gasteiger partial charge in [0.2, 0.25) is 0 Å². The van der Waals surface area contributed by atoms with Crippen LogP contribution in [0.15, 0.2) is 66.9 Å². The zero-order valence-corrected chi connectivity index (χ0v) is 16.6. The van der Waals surface area contributed by atoms with E-state index in [9.17, 15) is 9.18 Å². The van der Waals surface area contributed by atoms with Gasteiger partial charge in [-0.15, -0.1) is 0 Å². The lowest BCUT2D eigenvalue weighted by Crippen LogP contribution is -2.32. The third kappa shape index (κ3) is 4.89. The third-order valence-corrected chi connectivity index (χ3v) is 5.02. The van der Waals surface area contributed by atoms with Crippen LogP contribution in [0.3, 0.4) is 0 Å². The Kier molecular flexibility index (Phi) is 6.64. The Balaban J connectivity index is 1.81. The minimum atomic E-state index is -0.385. The largest absolute Gasteiger partial charge is 0.345 e. The van der Waals surface area contributed by atoms with Crippen molar-refractivity contribution >= 4 is 5.91 Å². The third-order valence-electron chi connectivity index (χ3n) is 5.02. The number of amides is 1. The lowest BCUT2D eigenvalue weighted by atomic mass is 10.1. The minimum Gasteiger partial charge on any atom is -0.345 e. The first-order chi connectivity index (χ1) is 13.6. The first-order valence-electron chi connectivity index (χ1n) is 9.82. The van der Waals surface area contributed by atoms with Crippen LogP contribution in [0.1, 0.15) is 46.9 Å². The smallest absolute Gasteiger partial charge is 0.254 e. The molecule has 0 fully saturated rings. The van der Waals surface area contributed by atoms with E-state index in [-0.39, 0.29) is 11.7 Å². The van der Waals surface area contributed by atoms with Crippen molar-refractivity contribution in [2.24, 2.45) is 0 Å². The summed E-state index contributed by atoms with van der Waals surface area (Å²) in [5.41, 5.74) is 3.98. The van der Waals surface area contributed by atoms with Crippen molar-refractivity contribution in [3.05, 3.63) is 95.1 Å². The van der Waals surface area contributed by atoms with Gasteiger partial charge in [-0.1, -0.05) is 43.7 Å². The van der Waals surface area contributed by atoms with Crippen LogP contribution < -0.4 is 0 Å². The highest BCUT2D eigenvalue weighted by molar-refractivity contribution is 5.94. The molecule has 2 aromatic carbocycles. The van der Waals surface area contributed by atoms with Gasteiger partial charge >= 0.3 is 0 Å². The first kappa shape index (κ1) is 19.9. The zero-order valence-electron chi connectivity index (χ0n) is 16.6. The lowest BCUT2D eigenvalue weighted by molar-refractivity contribution is 0.0736. The van der Waals surface area contributed by atoms with Gasteiger partial charge in [-0.3, -0.25) is 4.79 Å². The number of carbonyl (C=O) groups excluding carboxylic acids is 1. The summed E-state index contributed by atoms with van der Waals surface area (Å²) in [7, 11) is 0. The van der Waals surface area contributed by atoms with Gasteiger partial charge in [0, 0.05) is 30.5 Å². The van der Waals surface area contributed by atoms with Crippen molar-refractivity contribution in [1.29, 1.82) is 0 Å². The number of benzene rings is 2. The maximum Gasteiger partial charge on any atom is 0.254 e. The van der Waals surface area contributed by atoms with Crippen LogP contribution in [0.4, 0.5) is 4.39 Å². The standard InChI is InChI=1S/C24H27FN2O/c1-3-4-14-27(24(28)20-11-7-12-22(25)16-20)18-23-13-8-15-26(23)17-21-10-6-5-9-19(21)2/h5-13,15-16H,3-4,14,17-18H2,1-2H3. The molecule has 0 spiro atoms. The van der Waals surface area contributed by atoms with Crippen molar-refractivity contribution in [2.45, 2.75) is 39.8 Å². The van der Waals surface area contributed by atoms with E-state index in [4.69, 9.17) is 0 Å².